The maximum absolute atomic E-state index is 9.86. The first-order valence-corrected chi connectivity index (χ1v) is 7.86. The Kier molecular flexibility index (Phi) is 4.26. The van der Waals surface area contributed by atoms with E-state index in [1.165, 1.54) is 17.7 Å². The molecule has 0 aliphatic carbocycles. The van der Waals surface area contributed by atoms with E-state index in [0.717, 1.165) is 25.1 Å². The molecule has 110 valence electrons. The molecule has 21 heavy (non-hydrogen) atoms. The summed E-state index contributed by atoms with van der Waals surface area (Å²) < 4.78 is 0. The third kappa shape index (κ3) is 3.11. The second-order valence-corrected chi connectivity index (χ2v) is 5.86. The first-order chi connectivity index (χ1) is 10.3. The molecule has 1 unspecified atom stereocenters. The summed E-state index contributed by atoms with van der Waals surface area (Å²) in [6.07, 6.45) is 1.64. The zero-order valence-corrected chi connectivity index (χ0v) is 12.6. The number of hydrogen-bond donors (Lipinski definition) is 1. The van der Waals surface area contributed by atoms with Crippen molar-refractivity contribution in [3.05, 3.63) is 65.7 Å². The molecule has 3 rings (SSSR count). The van der Waals surface area contributed by atoms with Gasteiger partial charge in [-0.05, 0) is 36.1 Å². The summed E-state index contributed by atoms with van der Waals surface area (Å²) in [5, 5.41) is 9.86. The van der Waals surface area contributed by atoms with Crippen LogP contribution in [0.2, 0.25) is 0 Å². The van der Waals surface area contributed by atoms with Gasteiger partial charge in [-0.2, -0.15) is 0 Å². The highest BCUT2D eigenvalue weighted by atomic mass is 16.3. The highest BCUT2D eigenvalue weighted by Crippen LogP contribution is 2.31. The van der Waals surface area contributed by atoms with E-state index in [4.69, 9.17) is 0 Å². The summed E-state index contributed by atoms with van der Waals surface area (Å²) >= 11 is 0. The molecule has 0 amide bonds. The summed E-state index contributed by atoms with van der Waals surface area (Å²) in [7, 11) is 0. The lowest BCUT2D eigenvalue weighted by atomic mass is 9.99. The molecule has 1 aliphatic heterocycles. The van der Waals surface area contributed by atoms with Crippen LogP contribution in [-0.4, -0.2) is 18.2 Å². The molecule has 2 aromatic carbocycles. The molecule has 1 aliphatic rings. The summed E-state index contributed by atoms with van der Waals surface area (Å²) in [4.78, 5) is 2.44. The standard InChI is InChI=1S/C19H23NO/c1-2-19(21)16-8-10-18(11-9-16)20-13-12-17(14-20)15-6-4-3-5-7-15/h3-11,17,19,21H,2,12-14H2,1H3/t17?,19-/m1/s1. The van der Waals surface area contributed by atoms with Crippen LogP contribution in [0.3, 0.4) is 0 Å². The van der Waals surface area contributed by atoms with E-state index in [2.05, 4.69) is 59.5 Å². The van der Waals surface area contributed by atoms with E-state index in [9.17, 15) is 5.11 Å². The van der Waals surface area contributed by atoms with E-state index in [-0.39, 0.29) is 6.10 Å². The van der Waals surface area contributed by atoms with Gasteiger partial charge in [-0.15, -0.1) is 0 Å². The van der Waals surface area contributed by atoms with Crippen molar-refractivity contribution in [1.82, 2.24) is 0 Å². The van der Waals surface area contributed by atoms with Crippen LogP contribution >= 0.6 is 0 Å². The van der Waals surface area contributed by atoms with Crippen molar-refractivity contribution in [2.75, 3.05) is 18.0 Å². The quantitative estimate of drug-likeness (QED) is 0.911. The van der Waals surface area contributed by atoms with Crippen LogP contribution in [0.1, 0.15) is 42.9 Å². The van der Waals surface area contributed by atoms with Crippen molar-refractivity contribution in [1.29, 1.82) is 0 Å². The highest BCUT2D eigenvalue weighted by molar-refractivity contribution is 5.49. The Balaban J connectivity index is 1.69. The Morgan fingerprint density at radius 2 is 1.81 bits per heavy atom. The number of benzene rings is 2. The molecule has 0 radical (unpaired) electrons. The number of rotatable bonds is 4. The van der Waals surface area contributed by atoms with Gasteiger partial charge in [-0.3, -0.25) is 0 Å². The molecule has 2 atom stereocenters. The molecule has 2 heteroatoms. The second kappa shape index (κ2) is 6.31. The monoisotopic (exact) mass is 281 g/mol. The van der Waals surface area contributed by atoms with Gasteiger partial charge in [-0.1, -0.05) is 49.4 Å². The van der Waals surface area contributed by atoms with Crippen molar-refractivity contribution in [3.8, 4) is 0 Å². The van der Waals surface area contributed by atoms with Crippen molar-refractivity contribution in [2.45, 2.75) is 31.8 Å². The van der Waals surface area contributed by atoms with Gasteiger partial charge in [0.1, 0.15) is 0 Å². The van der Waals surface area contributed by atoms with Crippen LogP contribution in [0.5, 0.6) is 0 Å². The van der Waals surface area contributed by atoms with E-state index in [0.29, 0.717) is 5.92 Å². The minimum absolute atomic E-state index is 0.338. The lowest BCUT2D eigenvalue weighted by Gasteiger charge is -2.20. The number of nitrogens with zero attached hydrogens (tertiary/aromatic N) is 1. The maximum Gasteiger partial charge on any atom is 0.0787 e. The maximum atomic E-state index is 9.86. The fourth-order valence-corrected chi connectivity index (χ4v) is 3.14. The third-order valence-electron chi connectivity index (χ3n) is 4.49. The molecule has 1 saturated heterocycles. The molecule has 0 saturated carbocycles. The Bertz CT molecular complexity index is 564. The van der Waals surface area contributed by atoms with Gasteiger partial charge in [0, 0.05) is 24.7 Å². The summed E-state index contributed by atoms with van der Waals surface area (Å²) in [5.41, 5.74) is 3.72. The van der Waals surface area contributed by atoms with E-state index < -0.39 is 0 Å². The molecule has 0 spiro atoms. The minimum Gasteiger partial charge on any atom is -0.388 e. The van der Waals surface area contributed by atoms with E-state index in [1.54, 1.807) is 0 Å². The summed E-state index contributed by atoms with van der Waals surface area (Å²) in [6, 6.07) is 19.2. The van der Waals surface area contributed by atoms with Crippen LogP contribution < -0.4 is 4.90 Å². The smallest absolute Gasteiger partial charge is 0.0787 e. The number of anilines is 1. The first-order valence-electron chi connectivity index (χ1n) is 7.86. The fraction of sp³-hybridized carbons (Fsp3) is 0.368. The molecule has 2 aromatic rings. The van der Waals surface area contributed by atoms with Crippen LogP contribution in [0.4, 0.5) is 5.69 Å². The van der Waals surface area contributed by atoms with Gasteiger partial charge >= 0.3 is 0 Å². The normalized spacial score (nSPS) is 19.7. The van der Waals surface area contributed by atoms with Crippen molar-refractivity contribution >= 4 is 5.69 Å². The van der Waals surface area contributed by atoms with E-state index >= 15 is 0 Å². The van der Waals surface area contributed by atoms with Gasteiger partial charge in [0.15, 0.2) is 0 Å². The predicted octanol–water partition coefficient (Wildman–Crippen LogP) is 4.12. The summed E-state index contributed by atoms with van der Waals surface area (Å²) in [6.45, 7) is 4.19. The Morgan fingerprint density at radius 1 is 1.10 bits per heavy atom. The average Bonchev–Trinajstić information content (AvgIpc) is 3.05. The number of aliphatic hydroxyl groups is 1. The second-order valence-electron chi connectivity index (χ2n) is 5.86. The molecule has 0 aromatic heterocycles. The van der Waals surface area contributed by atoms with Crippen LogP contribution in [0.15, 0.2) is 54.6 Å². The minimum atomic E-state index is -0.338. The van der Waals surface area contributed by atoms with Gasteiger partial charge < -0.3 is 10.0 Å². The summed E-state index contributed by atoms with van der Waals surface area (Å²) in [5.74, 6) is 0.632. The third-order valence-corrected chi connectivity index (χ3v) is 4.49. The average molecular weight is 281 g/mol. The van der Waals surface area contributed by atoms with Gasteiger partial charge in [0.05, 0.1) is 6.10 Å². The highest BCUT2D eigenvalue weighted by Gasteiger charge is 2.23. The van der Waals surface area contributed by atoms with Crippen molar-refractivity contribution < 1.29 is 5.11 Å². The molecule has 1 N–H and O–H groups in total. The molecular weight excluding hydrogens is 258 g/mol. The zero-order valence-electron chi connectivity index (χ0n) is 12.6. The van der Waals surface area contributed by atoms with Crippen LogP contribution in [-0.2, 0) is 0 Å². The Morgan fingerprint density at radius 3 is 2.48 bits per heavy atom. The lowest BCUT2D eigenvalue weighted by molar-refractivity contribution is 0.173. The zero-order chi connectivity index (χ0) is 14.7. The van der Waals surface area contributed by atoms with Gasteiger partial charge in [0.2, 0.25) is 0 Å². The first kappa shape index (κ1) is 14.2. The topological polar surface area (TPSA) is 23.5 Å². The fourth-order valence-electron chi connectivity index (χ4n) is 3.14. The molecule has 0 bridgehead atoms. The van der Waals surface area contributed by atoms with Crippen LogP contribution in [0.25, 0.3) is 0 Å². The van der Waals surface area contributed by atoms with Gasteiger partial charge in [0.25, 0.3) is 0 Å². The van der Waals surface area contributed by atoms with Gasteiger partial charge in [-0.25, -0.2) is 0 Å². The SMILES string of the molecule is CC[C@@H](O)c1ccc(N2CCC(c3ccccc3)C2)cc1. The predicted molar refractivity (Wildman–Crippen MR) is 87.7 cm³/mol. The Labute approximate surface area is 127 Å². The molecular formula is C19H23NO. The van der Waals surface area contributed by atoms with Crippen LogP contribution in [0, 0.1) is 0 Å². The largest absolute Gasteiger partial charge is 0.388 e. The Hall–Kier alpha value is -1.80. The molecule has 1 fully saturated rings. The van der Waals surface area contributed by atoms with E-state index in [1.807, 2.05) is 6.92 Å². The number of hydrogen-bond acceptors (Lipinski definition) is 2. The molecule has 1 heterocycles. The molecule has 2 nitrogen and oxygen atoms in total. The number of aliphatic hydroxyl groups excluding tert-OH is 1. The lowest BCUT2D eigenvalue weighted by Crippen LogP contribution is -2.19. The van der Waals surface area contributed by atoms with Crippen molar-refractivity contribution in [3.63, 3.8) is 0 Å². The van der Waals surface area contributed by atoms with Crippen molar-refractivity contribution in [2.24, 2.45) is 0 Å².